The van der Waals surface area contributed by atoms with Crippen LogP contribution in [0, 0.1) is 5.82 Å². The van der Waals surface area contributed by atoms with E-state index in [-0.39, 0.29) is 29.4 Å². The normalized spacial score (nSPS) is 18.3. The molecule has 0 saturated carbocycles. The summed E-state index contributed by atoms with van der Waals surface area (Å²) in [6, 6.07) is 9.77. The molecule has 2 unspecified atom stereocenters. The van der Waals surface area contributed by atoms with E-state index in [1.807, 2.05) is 11.8 Å². The van der Waals surface area contributed by atoms with E-state index < -0.39 is 11.7 Å². The van der Waals surface area contributed by atoms with Crippen molar-refractivity contribution >= 4 is 28.5 Å². The van der Waals surface area contributed by atoms with Crippen LogP contribution in [0.3, 0.4) is 0 Å². The average molecular weight is 495 g/mol. The molecule has 0 radical (unpaired) electrons. The summed E-state index contributed by atoms with van der Waals surface area (Å²) in [5.41, 5.74) is 2.16. The summed E-state index contributed by atoms with van der Waals surface area (Å²) in [6.45, 7) is 5.87. The van der Waals surface area contributed by atoms with Crippen LogP contribution in [-0.4, -0.2) is 83.7 Å². The number of halogens is 1. The number of aromatic nitrogens is 1. The zero-order valence-corrected chi connectivity index (χ0v) is 21.2. The van der Waals surface area contributed by atoms with Crippen molar-refractivity contribution in [1.82, 2.24) is 19.7 Å². The van der Waals surface area contributed by atoms with Crippen LogP contribution in [0.5, 0.6) is 5.75 Å². The summed E-state index contributed by atoms with van der Waals surface area (Å²) < 4.78 is 18.8. The first-order valence-electron chi connectivity index (χ1n) is 11.8. The van der Waals surface area contributed by atoms with Crippen molar-refractivity contribution < 1.29 is 23.5 Å². The van der Waals surface area contributed by atoms with Crippen LogP contribution < -0.4 is 4.74 Å². The van der Waals surface area contributed by atoms with Crippen LogP contribution in [0.2, 0.25) is 0 Å². The Balaban J connectivity index is 1.60. The van der Waals surface area contributed by atoms with Gasteiger partial charge in [-0.2, -0.15) is 0 Å². The monoisotopic (exact) mass is 494 g/mol. The lowest BCUT2D eigenvalue weighted by Gasteiger charge is -2.44. The van der Waals surface area contributed by atoms with Gasteiger partial charge in [0.15, 0.2) is 0 Å². The third kappa shape index (κ3) is 4.83. The third-order valence-corrected chi connectivity index (χ3v) is 6.75. The van der Waals surface area contributed by atoms with E-state index in [0.717, 1.165) is 5.56 Å². The van der Waals surface area contributed by atoms with Crippen molar-refractivity contribution in [2.45, 2.75) is 32.5 Å². The highest BCUT2D eigenvalue weighted by Gasteiger charge is 2.34. The van der Waals surface area contributed by atoms with Gasteiger partial charge in [0.2, 0.25) is 0 Å². The van der Waals surface area contributed by atoms with Crippen molar-refractivity contribution in [1.29, 1.82) is 0 Å². The molecule has 0 spiro atoms. The van der Waals surface area contributed by atoms with Gasteiger partial charge in [-0.05, 0) is 37.6 Å². The molecule has 1 N–H and O–H groups in total. The average Bonchev–Trinajstić information content (AvgIpc) is 3.28. The van der Waals surface area contributed by atoms with E-state index >= 15 is 0 Å². The van der Waals surface area contributed by atoms with Crippen LogP contribution in [0.15, 0.2) is 42.6 Å². The van der Waals surface area contributed by atoms with Gasteiger partial charge in [0.1, 0.15) is 11.6 Å². The van der Waals surface area contributed by atoms with Gasteiger partial charge in [-0.15, -0.1) is 0 Å². The molecule has 190 valence electrons. The van der Waals surface area contributed by atoms with Gasteiger partial charge in [0, 0.05) is 69.0 Å². The zero-order valence-electron chi connectivity index (χ0n) is 21.2. The molecule has 0 aliphatic carbocycles. The molecular formula is C27H31FN4O4. The number of ketones is 1. The Bertz CT molecular complexity index is 1300. The maximum atomic E-state index is 13.7. The maximum absolute atomic E-state index is 13.7. The number of hydrogen-bond acceptors (Lipinski definition) is 5. The number of aromatic amines is 1. The number of rotatable bonds is 6. The quantitative estimate of drug-likeness (QED) is 0.420. The number of hydrogen-bond donors (Lipinski definition) is 1. The van der Waals surface area contributed by atoms with Crippen molar-refractivity contribution in [2.24, 2.45) is 0 Å². The minimum atomic E-state index is -0.647. The van der Waals surface area contributed by atoms with Gasteiger partial charge in [-0.3, -0.25) is 19.3 Å². The van der Waals surface area contributed by atoms with E-state index in [2.05, 4.69) is 16.8 Å². The summed E-state index contributed by atoms with van der Waals surface area (Å²) in [4.78, 5) is 47.1. The van der Waals surface area contributed by atoms with Gasteiger partial charge in [-0.25, -0.2) is 4.39 Å². The van der Waals surface area contributed by atoms with E-state index in [9.17, 15) is 18.8 Å². The Morgan fingerprint density at radius 2 is 1.75 bits per heavy atom. The SMILES string of the molecule is COc1cc2[nH]cc(C(=O)C(=O)N(C)C)c2cc1C(=O)N1CC(C)N(Cc2ccc(F)cc2)CC1C. The fourth-order valence-corrected chi connectivity index (χ4v) is 4.67. The fourth-order valence-electron chi connectivity index (χ4n) is 4.67. The molecule has 1 aliphatic rings. The zero-order chi connectivity index (χ0) is 26.1. The first kappa shape index (κ1) is 25.4. The second-order valence-electron chi connectivity index (χ2n) is 9.54. The number of piperazine rings is 1. The Labute approximate surface area is 209 Å². The molecule has 2 amide bonds. The number of H-pyrrole nitrogens is 1. The van der Waals surface area contributed by atoms with E-state index in [0.29, 0.717) is 41.9 Å². The lowest BCUT2D eigenvalue weighted by molar-refractivity contribution is -0.124. The molecule has 8 nitrogen and oxygen atoms in total. The number of fused-ring (bicyclic) bond motifs is 1. The number of benzene rings is 2. The highest BCUT2D eigenvalue weighted by molar-refractivity contribution is 6.44. The number of Topliss-reactive ketones (excluding diaryl/α,β-unsaturated/α-hetero) is 1. The first-order chi connectivity index (χ1) is 17.1. The first-order valence-corrected chi connectivity index (χ1v) is 11.8. The molecule has 4 rings (SSSR count). The van der Waals surface area contributed by atoms with E-state index in [1.54, 1.807) is 24.3 Å². The molecule has 9 heteroatoms. The summed E-state index contributed by atoms with van der Waals surface area (Å²) in [5.74, 6) is -1.36. The molecule has 0 bridgehead atoms. The molecule has 1 aromatic heterocycles. The summed E-state index contributed by atoms with van der Waals surface area (Å²) in [5, 5.41) is 0.495. The predicted molar refractivity (Wildman–Crippen MR) is 135 cm³/mol. The van der Waals surface area contributed by atoms with Gasteiger partial charge in [0.05, 0.1) is 18.2 Å². The Morgan fingerprint density at radius 1 is 1.06 bits per heavy atom. The van der Waals surface area contributed by atoms with Crippen LogP contribution in [0.1, 0.15) is 40.1 Å². The molecule has 3 aromatic rings. The number of carbonyl (C=O) groups is 3. The van der Waals surface area contributed by atoms with Crippen molar-refractivity contribution in [3.05, 3.63) is 65.1 Å². The Kier molecular flexibility index (Phi) is 7.12. The third-order valence-electron chi connectivity index (χ3n) is 6.75. The number of amides is 2. The molecule has 1 saturated heterocycles. The lowest BCUT2D eigenvalue weighted by Crippen LogP contribution is -2.57. The van der Waals surface area contributed by atoms with Crippen LogP contribution in [-0.2, 0) is 11.3 Å². The van der Waals surface area contributed by atoms with E-state index in [1.165, 1.54) is 44.4 Å². The second-order valence-corrected chi connectivity index (χ2v) is 9.54. The summed E-state index contributed by atoms with van der Waals surface area (Å²) in [6.07, 6.45) is 1.49. The van der Waals surface area contributed by atoms with Gasteiger partial charge < -0.3 is 19.5 Å². The highest BCUT2D eigenvalue weighted by atomic mass is 19.1. The predicted octanol–water partition coefficient (Wildman–Crippen LogP) is 3.32. The largest absolute Gasteiger partial charge is 0.496 e. The number of nitrogens with zero attached hydrogens (tertiary/aromatic N) is 3. The molecule has 36 heavy (non-hydrogen) atoms. The van der Waals surface area contributed by atoms with Crippen molar-refractivity contribution in [3.63, 3.8) is 0 Å². The molecular weight excluding hydrogens is 463 g/mol. The van der Waals surface area contributed by atoms with Crippen LogP contribution in [0.25, 0.3) is 10.9 Å². The molecule has 1 aliphatic heterocycles. The second kappa shape index (κ2) is 10.1. The fraction of sp³-hybridized carbons (Fsp3) is 0.370. The van der Waals surface area contributed by atoms with E-state index in [4.69, 9.17) is 4.74 Å². The number of methoxy groups -OCH3 is 1. The minimum Gasteiger partial charge on any atom is -0.496 e. The van der Waals surface area contributed by atoms with Crippen molar-refractivity contribution in [3.8, 4) is 5.75 Å². The molecule has 2 heterocycles. The van der Waals surface area contributed by atoms with Crippen LogP contribution in [0.4, 0.5) is 4.39 Å². The molecule has 1 fully saturated rings. The topological polar surface area (TPSA) is 85.9 Å². The molecule has 2 atom stereocenters. The number of carbonyl (C=O) groups excluding carboxylic acids is 3. The van der Waals surface area contributed by atoms with Crippen LogP contribution >= 0.6 is 0 Å². The minimum absolute atomic E-state index is 0.0760. The lowest BCUT2D eigenvalue weighted by atomic mass is 10.0. The van der Waals surface area contributed by atoms with Crippen molar-refractivity contribution in [2.75, 3.05) is 34.3 Å². The Morgan fingerprint density at radius 3 is 2.39 bits per heavy atom. The highest BCUT2D eigenvalue weighted by Crippen LogP contribution is 2.31. The smallest absolute Gasteiger partial charge is 0.294 e. The number of nitrogens with one attached hydrogen (secondary N) is 1. The summed E-state index contributed by atoms with van der Waals surface area (Å²) >= 11 is 0. The number of likely N-dealkylation sites (N-methyl/N-ethyl adjacent to an activating group) is 1. The van der Waals surface area contributed by atoms with Gasteiger partial charge in [-0.1, -0.05) is 12.1 Å². The molecule has 2 aromatic carbocycles. The summed E-state index contributed by atoms with van der Waals surface area (Å²) in [7, 11) is 4.53. The Hall–Kier alpha value is -3.72. The maximum Gasteiger partial charge on any atom is 0.294 e. The standard InChI is InChI=1S/C27H31FN4O4/c1-16-14-32(17(2)13-31(16)15-18-6-8-19(28)9-7-18)26(34)21-10-20-22(25(33)27(35)30(3)4)12-29-23(20)11-24(21)36-5/h6-12,16-17,29H,13-15H2,1-5H3. The number of ether oxygens (including phenoxy) is 1. The van der Waals surface area contributed by atoms with Gasteiger partial charge in [0.25, 0.3) is 17.6 Å². The van der Waals surface area contributed by atoms with Gasteiger partial charge >= 0.3 is 0 Å².